The van der Waals surface area contributed by atoms with Crippen LogP contribution < -0.4 is 10.6 Å². The molecule has 1 saturated heterocycles. The molecule has 2 atom stereocenters. The van der Waals surface area contributed by atoms with Crippen LogP contribution in [-0.4, -0.2) is 42.0 Å². The number of nitrogens with zero attached hydrogens (tertiary/aromatic N) is 1. The van der Waals surface area contributed by atoms with E-state index >= 15 is 0 Å². The van der Waals surface area contributed by atoms with Crippen LogP contribution in [0.3, 0.4) is 0 Å². The van der Waals surface area contributed by atoms with E-state index in [4.69, 9.17) is 4.74 Å². The van der Waals surface area contributed by atoms with E-state index in [2.05, 4.69) is 10.6 Å². The largest absolute Gasteiger partial charge is 0.452 e. The maximum atomic E-state index is 13.7. The second kappa shape index (κ2) is 10.0. The number of carbonyl (C=O) groups is 3. The fourth-order valence-electron chi connectivity index (χ4n) is 3.23. The number of piperidine rings is 1. The van der Waals surface area contributed by atoms with E-state index in [0.717, 1.165) is 18.2 Å². The number of rotatable bonds is 5. The zero-order valence-electron chi connectivity index (χ0n) is 16.9. The monoisotopic (exact) mass is 431 g/mol. The van der Waals surface area contributed by atoms with Gasteiger partial charge >= 0.3 is 12.0 Å². The summed E-state index contributed by atoms with van der Waals surface area (Å²) in [5.74, 6) is -3.51. The number of ether oxygens (including phenoxy) is 1. The van der Waals surface area contributed by atoms with Crippen LogP contribution >= 0.6 is 0 Å². The standard InChI is InChI=1S/C22H23F2N3O4/c1-14(20(28)26-19-12-16(23)9-10-18(19)24)31-21(29)15-6-5-11-27(13-15)22(30)25-17-7-3-2-4-8-17/h2-4,7-10,12,14-15H,5-6,11,13H2,1H3,(H,25,30)(H,26,28). The minimum absolute atomic E-state index is 0.157. The summed E-state index contributed by atoms with van der Waals surface area (Å²) in [6, 6.07) is 11.3. The van der Waals surface area contributed by atoms with Crippen molar-refractivity contribution in [3.05, 3.63) is 60.2 Å². The molecule has 1 aliphatic rings. The average molecular weight is 431 g/mol. The van der Waals surface area contributed by atoms with Crippen molar-refractivity contribution in [3.63, 3.8) is 0 Å². The fraction of sp³-hybridized carbons (Fsp3) is 0.318. The summed E-state index contributed by atoms with van der Waals surface area (Å²) in [4.78, 5) is 38.7. The molecule has 31 heavy (non-hydrogen) atoms. The van der Waals surface area contributed by atoms with E-state index < -0.39 is 35.5 Å². The number of nitrogens with one attached hydrogen (secondary N) is 2. The van der Waals surface area contributed by atoms with Gasteiger partial charge in [-0.15, -0.1) is 0 Å². The minimum atomic E-state index is -1.22. The summed E-state index contributed by atoms with van der Waals surface area (Å²) in [5, 5.41) is 4.98. The average Bonchev–Trinajstić information content (AvgIpc) is 2.77. The molecule has 2 unspecified atom stereocenters. The van der Waals surface area contributed by atoms with Gasteiger partial charge in [0.05, 0.1) is 11.6 Å². The second-order valence-electron chi connectivity index (χ2n) is 7.27. The normalized spacial score (nSPS) is 16.9. The van der Waals surface area contributed by atoms with Crippen molar-refractivity contribution >= 4 is 29.3 Å². The first-order chi connectivity index (χ1) is 14.8. The number of hydrogen-bond donors (Lipinski definition) is 2. The summed E-state index contributed by atoms with van der Waals surface area (Å²) in [6.45, 7) is 1.99. The Balaban J connectivity index is 1.53. The van der Waals surface area contributed by atoms with Gasteiger partial charge in [0.25, 0.3) is 5.91 Å². The Bertz CT molecular complexity index is 955. The fourth-order valence-corrected chi connectivity index (χ4v) is 3.23. The van der Waals surface area contributed by atoms with Gasteiger partial charge in [-0.05, 0) is 44.0 Å². The number of esters is 1. The lowest BCUT2D eigenvalue weighted by atomic mass is 9.98. The summed E-state index contributed by atoms with van der Waals surface area (Å²) in [5.41, 5.74) is 0.307. The Morgan fingerprint density at radius 1 is 1.10 bits per heavy atom. The molecule has 1 aliphatic heterocycles. The van der Waals surface area contributed by atoms with Crippen LogP contribution in [0.1, 0.15) is 19.8 Å². The molecule has 0 spiro atoms. The molecule has 0 radical (unpaired) electrons. The number of para-hydroxylation sites is 1. The number of hydrogen-bond acceptors (Lipinski definition) is 4. The molecule has 3 rings (SSSR count). The Morgan fingerprint density at radius 3 is 2.58 bits per heavy atom. The molecular weight excluding hydrogens is 408 g/mol. The zero-order valence-corrected chi connectivity index (χ0v) is 16.9. The van der Waals surface area contributed by atoms with Crippen LogP contribution in [0.25, 0.3) is 0 Å². The second-order valence-corrected chi connectivity index (χ2v) is 7.27. The first kappa shape index (κ1) is 22.2. The highest BCUT2D eigenvalue weighted by Crippen LogP contribution is 2.21. The van der Waals surface area contributed by atoms with E-state index in [1.165, 1.54) is 11.8 Å². The molecule has 2 N–H and O–H groups in total. The highest BCUT2D eigenvalue weighted by Gasteiger charge is 2.31. The van der Waals surface area contributed by atoms with Crippen molar-refractivity contribution in [2.24, 2.45) is 5.92 Å². The smallest absolute Gasteiger partial charge is 0.321 e. The molecule has 1 fully saturated rings. The van der Waals surface area contributed by atoms with Gasteiger partial charge in [0, 0.05) is 24.8 Å². The molecule has 0 saturated carbocycles. The highest BCUT2D eigenvalue weighted by atomic mass is 19.1. The van der Waals surface area contributed by atoms with Gasteiger partial charge in [-0.1, -0.05) is 18.2 Å². The molecule has 9 heteroatoms. The third-order valence-corrected chi connectivity index (χ3v) is 4.92. The van der Waals surface area contributed by atoms with Gasteiger partial charge in [-0.3, -0.25) is 9.59 Å². The van der Waals surface area contributed by atoms with Crippen LogP contribution in [0.5, 0.6) is 0 Å². The molecular formula is C22H23F2N3O4. The number of anilines is 2. The topological polar surface area (TPSA) is 87.7 Å². The Kier molecular flexibility index (Phi) is 7.17. The van der Waals surface area contributed by atoms with Crippen molar-refractivity contribution in [2.75, 3.05) is 23.7 Å². The van der Waals surface area contributed by atoms with Crippen molar-refractivity contribution in [1.29, 1.82) is 0 Å². The van der Waals surface area contributed by atoms with Crippen molar-refractivity contribution in [2.45, 2.75) is 25.9 Å². The zero-order chi connectivity index (χ0) is 22.4. The van der Waals surface area contributed by atoms with Crippen LogP contribution in [-0.2, 0) is 14.3 Å². The van der Waals surface area contributed by atoms with Gasteiger partial charge < -0.3 is 20.3 Å². The van der Waals surface area contributed by atoms with Gasteiger partial charge in [0.2, 0.25) is 0 Å². The molecule has 0 bridgehead atoms. The quantitative estimate of drug-likeness (QED) is 0.706. The Labute approximate surface area is 178 Å². The van der Waals surface area contributed by atoms with Gasteiger partial charge in [-0.25, -0.2) is 13.6 Å². The van der Waals surface area contributed by atoms with Crippen LogP contribution in [0.4, 0.5) is 25.0 Å². The maximum absolute atomic E-state index is 13.7. The van der Waals surface area contributed by atoms with E-state index in [1.54, 1.807) is 24.3 Å². The summed E-state index contributed by atoms with van der Waals surface area (Å²) >= 11 is 0. The van der Waals surface area contributed by atoms with Gasteiger partial charge in [0.1, 0.15) is 11.6 Å². The molecule has 0 aromatic heterocycles. The molecule has 3 amide bonds. The van der Waals surface area contributed by atoms with E-state index in [0.29, 0.717) is 25.1 Å². The van der Waals surface area contributed by atoms with Crippen LogP contribution in [0.15, 0.2) is 48.5 Å². The van der Waals surface area contributed by atoms with Crippen molar-refractivity contribution in [1.82, 2.24) is 4.90 Å². The summed E-state index contributed by atoms with van der Waals surface area (Å²) in [6.07, 6.45) is -0.0959. The van der Waals surface area contributed by atoms with E-state index in [-0.39, 0.29) is 18.3 Å². The van der Waals surface area contributed by atoms with Gasteiger partial charge in [0.15, 0.2) is 6.10 Å². The minimum Gasteiger partial charge on any atom is -0.452 e. The van der Waals surface area contributed by atoms with Gasteiger partial charge in [-0.2, -0.15) is 0 Å². The first-order valence-corrected chi connectivity index (χ1v) is 9.91. The molecule has 0 aliphatic carbocycles. The molecule has 7 nitrogen and oxygen atoms in total. The number of amides is 3. The summed E-state index contributed by atoms with van der Waals surface area (Å²) < 4.78 is 32.2. The molecule has 2 aromatic rings. The SMILES string of the molecule is CC(OC(=O)C1CCCN(C(=O)Nc2ccccc2)C1)C(=O)Nc1cc(F)ccc1F. The number of urea groups is 1. The predicted octanol–water partition coefficient (Wildman–Crippen LogP) is 3.78. The highest BCUT2D eigenvalue weighted by molar-refractivity contribution is 5.95. The Hall–Kier alpha value is -3.49. The lowest BCUT2D eigenvalue weighted by Gasteiger charge is -2.32. The van der Waals surface area contributed by atoms with E-state index in [1.807, 2.05) is 6.07 Å². The number of benzene rings is 2. The van der Waals surface area contributed by atoms with Crippen LogP contribution in [0.2, 0.25) is 0 Å². The maximum Gasteiger partial charge on any atom is 0.321 e. The molecule has 1 heterocycles. The first-order valence-electron chi connectivity index (χ1n) is 9.91. The predicted molar refractivity (Wildman–Crippen MR) is 110 cm³/mol. The van der Waals surface area contributed by atoms with E-state index in [9.17, 15) is 23.2 Å². The molecule has 164 valence electrons. The lowest BCUT2D eigenvalue weighted by Crippen LogP contribution is -2.45. The molecule has 2 aromatic carbocycles. The van der Waals surface area contributed by atoms with Crippen molar-refractivity contribution < 1.29 is 27.9 Å². The number of halogens is 2. The lowest BCUT2D eigenvalue weighted by molar-refractivity contribution is -0.158. The third kappa shape index (κ3) is 6.00. The van der Waals surface area contributed by atoms with Crippen LogP contribution in [0, 0.1) is 17.6 Å². The third-order valence-electron chi connectivity index (χ3n) is 4.92. The number of carbonyl (C=O) groups excluding carboxylic acids is 3. The summed E-state index contributed by atoms with van der Waals surface area (Å²) in [7, 11) is 0. The van der Waals surface area contributed by atoms with Crippen molar-refractivity contribution in [3.8, 4) is 0 Å². The number of likely N-dealkylation sites (tertiary alicyclic amines) is 1. The Morgan fingerprint density at radius 2 is 1.84 bits per heavy atom.